The highest BCUT2D eigenvalue weighted by Gasteiger charge is 2.60. The summed E-state index contributed by atoms with van der Waals surface area (Å²) in [5, 5.41) is -0.0540. The van der Waals surface area contributed by atoms with Gasteiger partial charge in [-0.3, -0.25) is 4.79 Å². The van der Waals surface area contributed by atoms with Crippen molar-refractivity contribution in [2.75, 3.05) is 0 Å². The van der Waals surface area contributed by atoms with Crippen LogP contribution in [0.3, 0.4) is 0 Å². The number of allylic oxidation sites excluding steroid dienone is 1. The van der Waals surface area contributed by atoms with Gasteiger partial charge in [0.25, 0.3) is 0 Å². The molecule has 1 saturated carbocycles. The predicted molar refractivity (Wildman–Crippen MR) is 78.6 cm³/mol. The van der Waals surface area contributed by atoms with Crippen molar-refractivity contribution < 1.29 is 22.7 Å². The Morgan fingerprint density at radius 2 is 1.77 bits per heavy atom. The van der Waals surface area contributed by atoms with Crippen molar-refractivity contribution in [3.63, 3.8) is 0 Å². The fraction of sp³-hybridized carbons (Fsp3) is 0.400. The van der Waals surface area contributed by atoms with Gasteiger partial charge in [0.05, 0.1) is 0 Å². The average molecular weight is 353 g/mol. The number of ether oxygens (including phenoxy) is 1. The highest BCUT2D eigenvalue weighted by molar-refractivity contribution is 6.64. The number of carbonyl (C=O) groups excluding carboxylic acids is 1. The van der Waals surface area contributed by atoms with Crippen molar-refractivity contribution in [2.24, 2.45) is 17.3 Å². The van der Waals surface area contributed by atoms with Crippen molar-refractivity contribution >= 4 is 33.5 Å². The molecule has 120 valence electrons. The first-order chi connectivity index (χ1) is 10.0. The molecule has 1 aromatic rings. The number of halogens is 5. The van der Waals surface area contributed by atoms with E-state index in [9.17, 15) is 18.0 Å². The Balaban J connectivity index is 2.12. The van der Waals surface area contributed by atoms with Gasteiger partial charge in [-0.1, -0.05) is 31.5 Å². The van der Waals surface area contributed by atoms with E-state index in [0.29, 0.717) is 10.6 Å². The number of carbonyl (C=O) groups is 1. The van der Waals surface area contributed by atoms with Gasteiger partial charge in [-0.25, -0.2) is 0 Å². The van der Waals surface area contributed by atoms with Crippen LogP contribution in [0.5, 0.6) is 5.75 Å². The summed E-state index contributed by atoms with van der Waals surface area (Å²) in [6.07, 6.45) is -3.01. The second-order valence-electron chi connectivity index (χ2n) is 5.72. The van der Waals surface area contributed by atoms with Crippen LogP contribution < -0.4 is 4.74 Å². The molecular weight excluding hydrogens is 340 g/mol. The summed E-state index contributed by atoms with van der Waals surface area (Å²) in [6, 6.07) is 5.21. The molecule has 1 aliphatic carbocycles. The monoisotopic (exact) mass is 352 g/mol. The Morgan fingerprint density at radius 3 is 2.18 bits per heavy atom. The summed E-state index contributed by atoms with van der Waals surface area (Å²) in [7, 11) is 0. The third-order valence-electron chi connectivity index (χ3n) is 3.84. The fourth-order valence-corrected chi connectivity index (χ4v) is 3.17. The van der Waals surface area contributed by atoms with Gasteiger partial charge >= 0.3 is 6.36 Å². The van der Waals surface area contributed by atoms with Gasteiger partial charge in [0, 0.05) is 11.0 Å². The van der Waals surface area contributed by atoms with Crippen molar-refractivity contribution in [3.8, 4) is 5.75 Å². The standard InChI is InChI=1S/C15H13Cl2F3O2/c1-14(2)10(12(14)13(17)21)7-11(16)8-3-5-9(6-4-8)22-15(18,19)20/h3-7,10,12H,1-2H3/b11-7-. The largest absolute Gasteiger partial charge is 0.573 e. The van der Waals surface area contributed by atoms with Crippen molar-refractivity contribution in [3.05, 3.63) is 35.9 Å². The van der Waals surface area contributed by atoms with E-state index in [1.165, 1.54) is 24.3 Å². The van der Waals surface area contributed by atoms with Gasteiger partial charge in [-0.2, -0.15) is 0 Å². The molecule has 0 amide bonds. The minimum atomic E-state index is -4.73. The van der Waals surface area contributed by atoms with Crippen LogP contribution >= 0.6 is 23.2 Å². The second kappa shape index (κ2) is 5.78. The van der Waals surface area contributed by atoms with Gasteiger partial charge in [0.2, 0.25) is 5.24 Å². The third kappa shape index (κ3) is 3.76. The first-order valence-electron chi connectivity index (χ1n) is 6.45. The molecule has 2 rings (SSSR count). The number of hydrogen-bond donors (Lipinski definition) is 0. The zero-order chi connectivity index (χ0) is 16.7. The Hall–Kier alpha value is -1.20. The quantitative estimate of drug-likeness (QED) is 0.696. The Bertz CT molecular complexity index is 606. The summed E-state index contributed by atoms with van der Waals surface area (Å²) >= 11 is 11.7. The molecule has 1 aromatic carbocycles. The molecule has 7 heteroatoms. The van der Waals surface area contributed by atoms with E-state index in [4.69, 9.17) is 23.2 Å². The molecule has 2 nitrogen and oxygen atoms in total. The number of rotatable bonds is 4. The van der Waals surface area contributed by atoms with Crippen LogP contribution in [0.15, 0.2) is 30.3 Å². The van der Waals surface area contributed by atoms with E-state index >= 15 is 0 Å². The SMILES string of the molecule is CC1(C)C(/C=C(\Cl)c2ccc(OC(F)(F)F)cc2)C1C(=O)Cl. The molecule has 0 aromatic heterocycles. The minimum absolute atomic E-state index is 0.0869. The zero-order valence-corrected chi connectivity index (χ0v) is 13.3. The molecule has 0 spiro atoms. The lowest BCUT2D eigenvalue weighted by Crippen LogP contribution is -2.16. The molecule has 1 fully saturated rings. The van der Waals surface area contributed by atoms with Crippen LogP contribution in [0, 0.1) is 17.3 Å². The molecule has 2 atom stereocenters. The number of hydrogen-bond acceptors (Lipinski definition) is 2. The van der Waals surface area contributed by atoms with Gasteiger partial charge in [0.1, 0.15) is 5.75 Å². The van der Waals surface area contributed by atoms with Crippen LogP contribution in [-0.4, -0.2) is 11.6 Å². The fourth-order valence-electron chi connectivity index (χ4n) is 2.49. The van der Waals surface area contributed by atoms with Gasteiger partial charge in [0.15, 0.2) is 0 Å². The maximum Gasteiger partial charge on any atom is 0.573 e. The molecule has 2 unspecified atom stereocenters. The third-order valence-corrected chi connectivity index (χ3v) is 4.42. The van der Waals surface area contributed by atoms with Gasteiger partial charge in [-0.15, -0.1) is 13.2 Å². The smallest absolute Gasteiger partial charge is 0.406 e. The molecule has 0 saturated heterocycles. The van der Waals surface area contributed by atoms with Crippen molar-refractivity contribution in [1.82, 2.24) is 0 Å². The first kappa shape index (κ1) is 17.2. The van der Waals surface area contributed by atoms with Crippen LogP contribution in [0.4, 0.5) is 13.2 Å². The van der Waals surface area contributed by atoms with Gasteiger partial charge < -0.3 is 4.74 Å². The maximum atomic E-state index is 12.1. The first-order valence-corrected chi connectivity index (χ1v) is 7.21. The lowest BCUT2D eigenvalue weighted by Gasteiger charge is -2.09. The summed E-state index contributed by atoms with van der Waals surface area (Å²) in [6.45, 7) is 3.81. The van der Waals surface area contributed by atoms with E-state index in [-0.39, 0.29) is 23.0 Å². The predicted octanol–water partition coefficient (Wildman–Crippen LogP) is 5.20. The second-order valence-corrected chi connectivity index (χ2v) is 6.50. The summed E-state index contributed by atoms with van der Waals surface area (Å²) < 4.78 is 40.0. The number of alkyl halides is 3. The minimum Gasteiger partial charge on any atom is -0.406 e. The van der Waals surface area contributed by atoms with Crippen molar-refractivity contribution in [2.45, 2.75) is 20.2 Å². The molecule has 0 N–H and O–H groups in total. The van der Waals surface area contributed by atoms with Crippen LogP contribution in [0.25, 0.3) is 5.03 Å². The lowest BCUT2D eigenvalue weighted by molar-refractivity contribution is -0.274. The summed E-state index contributed by atoms with van der Waals surface area (Å²) in [4.78, 5) is 11.3. The van der Waals surface area contributed by atoms with Crippen molar-refractivity contribution in [1.29, 1.82) is 0 Å². The lowest BCUT2D eigenvalue weighted by atomic mass is 10.1. The van der Waals surface area contributed by atoms with Crippen LogP contribution in [0.1, 0.15) is 19.4 Å². The highest BCUT2D eigenvalue weighted by atomic mass is 35.5. The zero-order valence-electron chi connectivity index (χ0n) is 11.7. The number of benzene rings is 1. The van der Waals surface area contributed by atoms with Crippen LogP contribution in [0.2, 0.25) is 0 Å². The molecule has 0 radical (unpaired) electrons. The molecule has 0 heterocycles. The van der Waals surface area contributed by atoms with E-state index < -0.39 is 11.6 Å². The molecule has 1 aliphatic rings. The molecule has 22 heavy (non-hydrogen) atoms. The highest BCUT2D eigenvalue weighted by Crippen LogP contribution is 2.60. The van der Waals surface area contributed by atoms with E-state index in [1.807, 2.05) is 13.8 Å². The van der Waals surface area contributed by atoms with E-state index in [2.05, 4.69) is 4.74 Å². The Labute approximate surface area is 135 Å². The van der Waals surface area contributed by atoms with Gasteiger partial charge in [-0.05, 0) is 52.8 Å². The van der Waals surface area contributed by atoms with Crippen LogP contribution in [-0.2, 0) is 4.79 Å². The van der Waals surface area contributed by atoms with E-state index in [1.54, 1.807) is 6.08 Å². The molecular formula is C15H13Cl2F3O2. The Kier molecular flexibility index (Phi) is 4.51. The molecule has 0 aliphatic heterocycles. The topological polar surface area (TPSA) is 26.3 Å². The Morgan fingerprint density at radius 1 is 1.23 bits per heavy atom. The average Bonchev–Trinajstić information content (AvgIpc) is 2.89. The summed E-state index contributed by atoms with van der Waals surface area (Å²) in [5.41, 5.74) is 0.276. The maximum absolute atomic E-state index is 12.1. The normalized spacial score (nSPS) is 24.0. The molecule has 0 bridgehead atoms. The van der Waals surface area contributed by atoms with E-state index in [0.717, 1.165) is 0 Å². The summed E-state index contributed by atoms with van der Waals surface area (Å²) in [5.74, 6) is -0.701.